The van der Waals surface area contributed by atoms with E-state index in [0.29, 0.717) is 5.02 Å². The smallest absolute Gasteiger partial charge is 0.306 e. The van der Waals surface area contributed by atoms with Crippen LogP contribution in [0.2, 0.25) is 5.02 Å². The fourth-order valence-electron chi connectivity index (χ4n) is 1.16. The Labute approximate surface area is 117 Å². The van der Waals surface area contributed by atoms with Crippen LogP contribution in [0, 0.1) is 0 Å². The first kappa shape index (κ1) is 16.9. The summed E-state index contributed by atoms with van der Waals surface area (Å²) >= 11 is 5.72. The van der Waals surface area contributed by atoms with Crippen LogP contribution in [0.1, 0.15) is 18.4 Å². The topological polar surface area (TPSA) is 69.4 Å². The molecule has 0 radical (unpaired) electrons. The second-order valence-corrected chi connectivity index (χ2v) is 3.97. The van der Waals surface area contributed by atoms with Gasteiger partial charge in [-0.1, -0.05) is 23.7 Å². The molecule has 0 spiro atoms. The number of hydrogen-bond acceptors (Lipinski definition) is 4. The van der Waals surface area contributed by atoms with E-state index in [2.05, 4.69) is 0 Å². The molecule has 0 aliphatic heterocycles. The number of halogens is 2. The summed E-state index contributed by atoms with van der Waals surface area (Å²) in [5.74, 6) is -0.546. The molecule has 2 N–H and O–H groups in total. The van der Waals surface area contributed by atoms with Crippen molar-refractivity contribution in [3.8, 4) is 0 Å². The summed E-state index contributed by atoms with van der Waals surface area (Å²) < 4.78 is 4.99. The fourth-order valence-corrected chi connectivity index (χ4v) is 1.29. The first-order valence-corrected chi connectivity index (χ1v) is 5.61. The van der Waals surface area contributed by atoms with E-state index >= 15 is 0 Å². The first-order chi connectivity index (χ1) is 8.11. The highest BCUT2D eigenvalue weighted by molar-refractivity contribution is 6.30. The summed E-state index contributed by atoms with van der Waals surface area (Å²) in [5, 5.41) is 0.633. The van der Waals surface area contributed by atoms with Crippen molar-refractivity contribution in [3.63, 3.8) is 0 Å². The van der Waals surface area contributed by atoms with E-state index in [1.807, 2.05) is 0 Å². The number of nitrogens with two attached hydrogens (primary N) is 1. The van der Waals surface area contributed by atoms with Gasteiger partial charge in [-0.15, -0.1) is 12.4 Å². The zero-order valence-electron chi connectivity index (χ0n) is 9.73. The molecule has 0 saturated carbocycles. The largest absolute Gasteiger partial charge is 0.461 e. The van der Waals surface area contributed by atoms with Crippen LogP contribution in [0.25, 0.3) is 0 Å². The van der Waals surface area contributed by atoms with Crippen LogP contribution in [0.15, 0.2) is 24.3 Å². The molecule has 0 fully saturated rings. The summed E-state index contributed by atoms with van der Waals surface area (Å²) in [6.07, 6.45) is 0.208. The Morgan fingerprint density at radius 3 is 2.33 bits per heavy atom. The third-order valence-corrected chi connectivity index (χ3v) is 2.40. The molecule has 1 aromatic rings. The van der Waals surface area contributed by atoms with E-state index < -0.39 is 5.97 Å². The average molecular weight is 292 g/mol. The van der Waals surface area contributed by atoms with Gasteiger partial charge in [0.2, 0.25) is 0 Å². The number of ketones is 1. The van der Waals surface area contributed by atoms with Gasteiger partial charge in [0.05, 0.1) is 13.0 Å². The minimum absolute atomic E-state index is 0. The number of hydrogen-bond donors (Lipinski definition) is 1. The first-order valence-electron chi connectivity index (χ1n) is 5.23. The van der Waals surface area contributed by atoms with Crippen LogP contribution in [-0.2, 0) is 20.9 Å². The molecule has 0 aromatic heterocycles. The van der Waals surface area contributed by atoms with Gasteiger partial charge in [-0.2, -0.15) is 0 Å². The van der Waals surface area contributed by atoms with E-state index in [0.717, 1.165) is 5.56 Å². The number of rotatable bonds is 6. The Bertz CT molecular complexity index is 393. The molecule has 0 unspecified atom stereocenters. The third kappa shape index (κ3) is 6.59. The SMILES string of the molecule is Cl.NCC(=O)CCC(=O)OCc1ccc(Cl)cc1. The fraction of sp³-hybridized carbons (Fsp3) is 0.333. The van der Waals surface area contributed by atoms with E-state index in [4.69, 9.17) is 22.1 Å². The monoisotopic (exact) mass is 291 g/mol. The maximum atomic E-state index is 11.3. The highest BCUT2D eigenvalue weighted by atomic mass is 35.5. The lowest BCUT2D eigenvalue weighted by Crippen LogP contribution is -2.15. The Kier molecular flexibility index (Phi) is 8.37. The van der Waals surface area contributed by atoms with Gasteiger partial charge in [-0.05, 0) is 17.7 Å². The summed E-state index contributed by atoms with van der Waals surface area (Å²) in [7, 11) is 0. The van der Waals surface area contributed by atoms with E-state index in [9.17, 15) is 9.59 Å². The van der Waals surface area contributed by atoms with E-state index in [1.54, 1.807) is 24.3 Å². The van der Waals surface area contributed by atoms with Gasteiger partial charge >= 0.3 is 5.97 Å². The van der Waals surface area contributed by atoms with Gasteiger partial charge in [0, 0.05) is 11.4 Å². The van der Waals surface area contributed by atoms with Gasteiger partial charge in [-0.3, -0.25) is 9.59 Å². The molecule has 1 rings (SSSR count). The summed E-state index contributed by atoms with van der Waals surface area (Å²) in [5.41, 5.74) is 5.98. The van der Waals surface area contributed by atoms with Crippen molar-refractivity contribution in [2.75, 3.05) is 6.54 Å². The molecule has 0 heterocycles. The van der Waals surface area contributed by atoms with Crippen LogP contribution in [-0.4, -0.2) is 18.3 Å². The second kappa shape index (κ2) is 8.91. The number of esters is 1. The number of carbonyl (C=O) groups excluding carboxylic acids is 2. The van der Waals surface area contributed by atoms with Gasteiger partial charge in [0.25, 0.3) is 0 Å². The summed E-state index contributed by atoms with van der Waals surface area (Å²) in [4.78, 5) is 22.1. The lowest BCUT2D eigenvalue weighted by atomic mass is 10.2. The number of Topliss-reactive ketones (excluding diaryl/α,β-unsaturated/α-hetero) is 1. The van der Waals surface area contributed by atoms with Gasteiger partial charge < -0.3 is 10.5 Å². The molecule has 6 heteroatoms. The Morgan fingerprint density at radius 1 is 1.17 bits per heavy atom. The predicted octanol–water partition coefficient (Wildman–Crippen LogP) is 2.11. The zero-order chi connectivity index (χ0) is 12.7. The second-order valence-electron chi connectivity index (χ2n) is 3.53. The summed E-state index contributed by atoms with van der Waals surface area (Å²) in [6, 6.07) is 7.01. The zero-order valence-corrected chi connectivity index (χ0v) is 11.3. The molecule has 4 nitrogen and oxygen atoms in total. The van der Waals surface area contributed by atoms with Gasteiger partial charge in [0.1, 0.15) is 12.4 Å². The third-order valence-electron chi connectivity index (χ3n) is 2.15. The van der Waals surface area contributed by atoms with Crippen molar-refractivity contribution >= 4 is 35.8 Å². The quantitative estimate of drug-likeness (QED) is 0.815. The molecule has 0 aliphatic carbocycles. The Morgan fingerprint density at radius 2 is 1.78 bits per heavy atom. The minimum atomic E-state index is -0.401. The molecule has 100 valence electrons. The number of benzene rings is 1. The average Bonchev–Trinajstić information content (AvgIpc) is 2.35. The summed E-state index contributed by atoms with van der Waals surface area (Å²) in [6.45, 7) is 0.150. The van der Waals surface area contributed by atoms with Crippen LogP contribution in [0.4, 0.5) is 0 Å². The minimum Gasteiger partial charge on any atom is -0.461 e. The lowest BCUT2D eigenvalue weighted by Gasteiger charge is -2.04. The lowest BCUT2D eigenvalue weighted by molar-refractivity contribution is -0.146. The maximum Gasteiger partial charge on any atom is 0.306 e. The van der Waals surface area contributed by atoms with E-state index in [1.165, 1.54) is 0 Å². The number of ether oxygens (including phenoxy) is 1. The highest BCUT2D eigenvalue weighted by Crippen LogP contribution is 2.10. The van der Waals surface area contributed by atoms with Crippen LogP contribution < -0.4 is 5.73 Å². The predicted molar refractivity (Wildman–Crippen MR) is 71.8 cm³/mol. The Balaban J connectivity index is 0.00000289. The van der Waals surface area contributed by atoms with Crippen LogP contribution in [0.3, 0.4) is 0 Å². The molecule has 0 aliphatic rings. The molecule has 0 bridgehead atoms. The number of carbonyl (C=O) groups is 2. The standard InChI is InChI=1S/C12H14ClNO3.ClH/c13-10-3-1-9(2-4-10)8-17-12(16)6-5-11(15)7-14;/h1-4H,5-8,14H2;1H. The van der Waals surface area contributed by atoms with Crippen LogP contribution >= 0.6 is 24.0 Å². The van der Waals surface area contributed by atoms with Crippen molar-refractivity contribution in [3.05, 3.63) is 34.9 Å². The molecule has 0 amide bonds. The normalized spacial score (nSPS) is 9.44. The van der Waals surface area contributed by atoms with Gasteiger partial charge in [-0.25, -0.2) is 0 Å². The van der Waals surface area contributed by atoms with Crippen LogP contribution in [0.5, 0.6) is 0 Å². The van der Waals surface area contributed by atoms with Crippen molar-refractivity contribution in [2.24, 2.45) is 5.73 Å². The highest BCUT2D eigenvalue weighted by Gasteiger charge is 2.06. The van der Waals surface area contributed by atoms with Crippen molar-refractivity contribution in [2.45, 2.75) is 19.4 Å². The van der Waals surface area contributed by atoms with Crippen molar-refractivity contribution < 1.29 is 14.3 Å². The molecule has 0 saturated heterocycles. The molecular weight excluding hydrogens is 277 g/mol. The van der Waals surface area contributed by atoms with Crippen molar-refractivity contribution in [1.82, 2.24) is 0 Å². The molecule has 1 aromatic carbocycles. The van der Waals surface area contributed by atoms with E-state index in [-0.39, 0.29) is 44.2 Å². The van der Waals surface area contributed by atoms with Gasteiger partial charge in [0.15, 0.2) is 0 Å². The molecular formula is C12H15Cl2NO3. The Hall–Kier alpha value is -1.10. The molecule has 0 atom stereocenters. The molecule has 18 heavy (non-hydrogen) atoms. The maximum absolute atomic E-state index is 11.3. The van der Waals surface area contributed by atoms with Crippen molar-refractivity contribution in [1.29, 1.82) is 0 Å².